The number of hydrogen-bond donors (Lipinski definition) is 3. The molecule has 0 fully saturated rings. The summed E-state index contributed by atoms with van der Waals surface area (Å²) in [6.45, 7) is 0.993. The molecule has 1 aromatic carbocycles. The predicted octanol–water partition coefficient (Wildman–Crippen LogP) is -0.129. The van der Waals surface area contributed by atoms with Crippen LogP contribution in [0.5, 0.6) is 0 Å². The van der Waals surface area contributed by atoms with E-state index in [4.69, 9.17) is 5.11 Å². The number of nitrogens with zero attached hydrogens (tertiary/aromatic N) is 3. The molecule has 0 aliphatic heterocycles. The second-order valence-electron chi connectivity index (χ2n) is 4.02. The molecule has 0 amide bonds. The lowest BCUT2D eigenvalue weighted by Gasteiger charge is -2.13. The molecular formula is C10H12FN5O3S. The molecule has 8 nitrogen and oxygen atoms in total. The minimum atomic E-state index is -4.02. The van der Waals surface area contributed by atoms with Gasteiger partial charge in [-0.15, -0.1) is 10.2 Å². The SMILES string of the molecule is CC(NS(=O)(=O)c1cc(F)ccc1CO)c1nn[nH]n1. The van der Waals surface area contributed by atoms with E-state index >= 15 is 0 Å². The molecule has 1 unspecified atom stereocenters. The summed E-state index contributed by atoms with van der Waals surface area (Å²) < 4.78 is 39.9. The van der Waals surface area contributed by atoms with E-state index < -0.39 is 28.5 Å². The van der Waals surface area contributed by atoms with Gasteiger partial charge in [0.05, 0.1) is 17.5 Å². The van der Waals surface area contributed by atoms with Crippen molar-refractivity contribution in [3.63, 3.8) is 0 Å². The third-order valence-corrected chi connectivity index (χ3v) is 4.19. The van der Waals surface area contributed by atoms with Gasteiger partial charge in [-0.25, -0.2) is 17.5 Å². The van der Waals surface area contributed by atoms with Gasteiger partial charge < -0.3 is 5.11 Å². The zero-order chi connectivity index (χ0) is 14.8. The summed E-state index contributed by atoms with van der Waals surface area (Å²) in [6, 6.07) is 2.38. The van der Waals surface area contributed by atoms with Crippen molar-refractivity contribution in [1.82, 2.24) is 25.3 Å². The zero-order valence-corrected chi connectivity index (χ0v) is 11.2. The number of hydrogen-bond acceptors (Lipinski definition) is 6. The van der Waals surface area contributed by atoms with Gasteiger partial charge in [0.2, 0.25) is 10.0 Å². The standard InChI is InChI=1S/C10H12FN5O3S/c1-6(10-12-15-16-13-10)14-20(18,19)9-4-8(11)3-2-7(9)5-17/h2-4,6,14,17H,5H2,1H3,(H,12,13,15,16). The number of aliphatic hydroxyl groups excluding tert-OH is 1. The van der Waals surface area contributed by atoms with E-state index in [1.807, 2.05) is 0 Å². The molecular weight excluding hydrogens is 289 g/mol. The molecule has 1 heterocycles. The van der Waals surface area contributed by atoms with E-state index in [-0.39, 0.29) is 16.3 Å². The summed E-state index contributed by atoms with van der Waals surface area (Å²) in [5.41, 5.74) is 0.0965. The van der Waals surface area contributed by atoms with E-state index in [0.29, 0.717) is 0 Å². The Labute approximate surface area is 114 Å². The summed E-state index contributed by atoms with van der Waals surface area (Å²) in [5.74, 6) is -0.565. The van der Waals surface area contributed by atoms with Gasteiger partial charge in [0, 0.05) is 0 Å². The van der Waals surface area contributed by atoms with E-state index in [0.717, 1.165) is 12.1 Å². The van der Waals surface area contributed by atoms with Crippen LogP contribution in [-0.4, -0.2) is 34.1 Å². The van der Waals surface area contributed by atoms with Crippen molar-refractivity contribution in [2.24, 2.45) is 0 Å². The summed E-state index contributed by atoms with van der Waals surface area (Å²) in [4.78, 5) is -0.324. The van der Waals surface area contributed by atoms with Crippen molar-refractivity contribution < 1.29 is 17.9 Å². The van der Waals surface area contributed by atoms with Gasteiger partial charge in [-0.05, 0) is 24.6 Å². The van der Waals surface area contributed by atoms with Crippen LogP contribution >= 0.6 is 0 Å². The molecule has 3 N–H and O–H groups in total. The van der Waals surface area contributed by atoms with E-state index in [1.165, 1.54) is 13.0 Å². The molecule has 0 saturated heterocycles. The van der Waals surface area contributed by atoms with Gasteiger partial charge in [0.1, 0.15) is 5.82 Å². The number of benzene rings is 1. The van der Waals surface area contributed by atoms with E-state index in [2.05, 4.69) is 25.3 Å². The van der Waals surface area contributed by atoms with Crippen molar-refractivity contribution in [3.05, 3.63) is 35.4 Å². The Morgan fingerprint density at radius 2 is 2.25 bits per heavy atom. The third-order valence-electron chi connectivity index (χ3n) is 2.57. The quantitative estimate of drug-likeness (QED) is 0.707. The molecule has 0 radical (unpaired) electrons. The number of aromatic amines is 1. The second-order valence-corrected chi connectivity index (χ2v) is 5.71. The molecule has 20 heavy (non-hydrogen) atoms. The minimum Gasteiger partial charge on any atom is -0.392 e. The molecule has 0 saturated carbocycles. The van der Waals surface area contributed by atoms with Crippen molar-refractivity contribution in [1.29, 1.82) is 0 Å². The summed E-state index contributed by atoms with van der Waals surface area (Å²) in [7, 11) is -4.02. The molecule has 108 valence electrons. The number of H-pyrrole nitrogens is 1. The van der Waals surface area contributed by atoms with E-state index in [1.54, 1.807) is 0 Å². The average molecular weight is 301 g/mol. The average Bonchev–Trinajstić information content (AvgIpc) is 2.92. The Balaban J connectivity index is 2.33. The number of halogens is 1. The number of tetrazole rings is 1. The number of nitrogens with one attached hydrogen (secondary N) is 2. The Hall–Kier alpha value is -1.91. The van der Waals surface area contributed by atoms with Gasteiger partial charge in [-0.1, -0.05) is 11.3 Å². The Morgan fingerprint density at radius 3 is 2.85 bits per heavy atom. The van der Waals surface area contributed by atoms with Crippen LogP contribution in [-0.2, 0) is 16.6 Å². The van der Waals surface area contributed by atoms with Crippen molar-refractivity contribution >= 4 is 10.0 Å². The second kappa shape index (κ2) is 5.61. The molecule has 1 aromatic heterocycles. The lowest BCUT2D eigenvalue weighted by Crippen LogP contribution is -2.28. The molecule has 0 aliphatic carbocycles. The molecule has 2 rings (SSSR count). The highest BCUT2D eigenvalue weighted by molar-refractivity contribution is 7.89. The Kier molecular flexibility index (Phi) is 4.06. The summed E-state index contributed by atoms with van der Waals surface area (Å²) >= 11 is 0. The molecule has 2 aromatic rings. The lowest BCUT2D eigenvalue weighted by molar-refractivity contribution is 0.278. The topological polar surface area (TPSA) is 121 Å². The first-order valence-corrected chi connectivity index (χ1v) is 7.07. The molecule has 0 aliphatic rings. The monoisotopic (exact) mass is 301 g/mol. The highest BCUT2D eigenvalue weighted by Gasteiger charge is 2.23. The maximum atomic E-state index is 13.2. The van der Waals surface area contributed by atoms with Gasteiger partial charge >= 0.3 is 0 Å². The minimum absolute atomic E-state index is 0.0965. The van der Waals surface area contributed by atoms with Gasteiger partial charge in [0.25, 0.3) is 0 Å². The number of sulfonamides is 1. The molecule has 0 spiro atoms. The first-order valence-electron chi connectivity index (χ1n) is 5.59. The lowest BCUT2D eigenvalue weighted by atomic mass is 10.2. The van der Waals surface area contributed by atoms with Crippen molar-refractivity contribution in [2.75, 3.05) is 0 Å². The third kappa shape index (κ3) is 2.98. The molecule has 0 bridgehead atoms. The summed E-state index contributed by atoms with van der Waals surface area (Å²) in [6.07, 6.45) is 0. The maximum Gasteiger partial charge on any atom is 0.241 e. The van der Waals surface area contributed by atoms with Crippen LogP contribution in [0.25, 0.3) is 0 Å². The van der Waals surface area contributed by atoms with E-state index in [9.17, 15) is 12.8 Å². The van der Waals surface area contributed by atoms with Crippen molar-refractivity contribution in [3.8, 4) is 0 Å². The van der Waals surface area contributed by atoms with Crippen molar-refractivity contribution in [2.45, 2.75) is 24.5 Å². The normalized spacial score (nSPS) is 13.3. The predicted molar refractivity (Wildman–Crippen MR) is 65.2 cm³/mol. The molecule has 10 heteroatoms. The van der Waals surface area contributed by atoms with Gasteiger partial charge in [-0.2, -0.15) is 5.21 Å². The number of rotatable bonds is 5. The van der Waals surface area contributed by atoms with Crippen LogP contribution in [0, 0.1) is 5.82 Å². The summed E-state index contributed by atoms with van der Waals surface area (Å²) in [5, 5.41) is 22.0. The Bertz CT molecular complexity index is 689. The highest BCUT2D eigenvalue weighted by atomic mass is 32.2. The van der Waals surface area contributed by atoms with Crippen LogP contribution in [0.15, 0.2) is 23.1 Å². The number of aliphatic hydroxyl groups is 1. The zero-order valence-electron chi connectivity index (χ0n) is 10.4. The van der Waals surface area contributed by atoms with Gasteiger partial charge in [-0.3, -0.25) is 0 Å². The first kappa shape index (κ1) is 14.5. The molecule has 1 atom stereocenters. The first-order chi connectivity index (χ1) is 9.44. The van der Waals surface area contributed by atoms with Crippen LogP contribution in [0.2, 0.25) is 0 Å². The maximum absolute atomic E-state index is 13.2. The number of aromatic nitrogens is 4. The highest BCUT2D eigenvalue weighted by Crippen LogP contribution is 2.19. The van der Waals surface area contributed by atoms with Crippen LogP contribution < -0.4 is 4.72 Å². The smallest absolute Gasteiger partial charge is 0.241 e. The fourth-order valence-corrected chi connectivity index (χ4v) is 3.05. The Morgan fingerprint density at radius 1 is 1.50 bits per heavy atom. The van der Waals surface area contributed by atoms with Crippen LogP contribution in [0.4, 0.5) is 4.39 Å². The van der Waals surface area contributed by atoms with Gasteiger partial charge in [0.15, 0.2) is 5.82 Å². The fourth-order valence-electron chi connectivity index (χ4n) is 1.61. The fraction of sp³-hybridized carbons (Fsp3) is 0.300. The van der Waals surface area contributed by atoms with Crippen LogP contribution in [0.1, 0.15) is 24.4 Å². The van der Waals surface area contributed by atoms with Crippen LogP contribution in [0.3, 0.4) is 0 Å². The largest absolute Gasteiger partial charge is 0.392 e.